The molecule has 1 amide bonds. The van der Waals surface area contributed by atoms with Gasteiger partial charge in [-0.25, -0.2) is 4.98 Å². The van der Waals surface area contributed by atoms with E-state index in [4.69, 9.17) is 9.15 Å². The number of rotatable bonds is 5. The van der Waals surface area contributed by atoms with E-state index in [1.54, 1.807) is 12.1 Å². The maximum atomic E-state index is 12.3. The first-order valence-corrected chi connectivity index (χ1v) is 8.84. The molecule has 2 aromatic heterocycles. The van der Waals surface area contributed by atoms with Crippen LogP contribution in [0, 0.1) is 0 Å². The molecule has 0 aliphatic heterocycles. The summed E-state index contributed by atoms with van der Waals surface area (Å²) in [7, 11) is 0. The molecule has 0 saturated carbocycles. The standard InChI is InChI=1S/C19H20N2O3S/c1-19(2,3)16-12-25-18(20-16)21-17(22)15-10-9-14(24-15)11-23-13-7-5-4-6-8-13/h4-10,12H,11H2,1-3H3,(H,20,21,22). The molecule has 1 N–H and O–H groups in total. The number of thiazole rings is 1. The lowest BCUT2D eigenvalue weighted by molar-refractivity contribution is 0.0992. The third-order valence-corrected chi connectivity index (χ3v) is 4.26. The van der Waals surface area contributed by atoms with E-state index in [-0.39, 0.29) is 23.7 Å². The molecule has 3 rings (SSSR count). The molecular formula is C19H20N2O3S. The van der Waals surface area contributed by atoms with Gasteiger partial charge in [0.2, 0.25) is 0 Å². The first-order chi connectivity index (χ1) is 11.9. The lowest BCUT2D eigenvalue weighted by atomic mass is 9.93. The van der Waals surface area contributed by atoms with Crippen molar-refractivity contribution in [1.29, 1.82) is 0 Å². The molecular weight excluding hydrogens is 336 g/mol. The SMILES string of the molecule is CC(C)(C)c1csc(NC(=O)c2ccc(COc3ccccc3)o2)n1. The number of anilines is 1. The van der Waals surface area contributed by atoms with Gasteiger partial charge in [-0.15, -0.1) is 11.3 Å². The van der Waals surface area contributed by atoms with Crippen molar-refractivity contribution in [3.05, 3.63) is 65.1 Å². The van der Waals surface area contributed by atoms with Gasteiger partial charge in [0.15, 0.2) is 10.9 Å². The van der Waals surface area contributed by atoms with Crippen molar-refractivity contribution in [1.82, 2.24) is 4.98 Å². The summed E-state index contributed by atoms with van der Waals surface area (Å²) in [5.41, 5.74) is 0.899. The summed E-state index contributed by atoms with van der Waals surface area (Å²) in [6.07, 6.45) is 0. The minimum absolute atomic E-state index is 0.0495. The summed E-state index contributed by atoms with van der Waals surface area (Å²) < 4.78 is 11.2. The fraction of sp³-hybridized carbons (Fsp3) is 0.263. The molecule has 0 unspecified atom stereocenters. The summed E-state index contributed by atoms with van der Waals surface area (Å²) in [5.74, 6) is 1.26. The van der Waals surface area contributed by atoms with Crippen molar-refractivity contribution in [2.45, 2.75) is 32.8 Å². The van der Waals surface area contributed by atoms with Gasteiger partial charge in [0.1, 0.15) is 18.1 Å². The minimum atomic E-state index is -0.319. The Balaban J connectivity index is 1.60. The molecule has 130 valence electrons. The lowest BCUT2D eigenvalue weighted by Gasteiger charge is -2.14. The largest absolute Gasteiger partial charge is 0.486 e. The van der Waals surface area contributed by atoms with Crippen molar-refractivity contribution in [3.63, 3.8) is 0 Å². The molecule has 0 fully saturated rings. The maximum Gasteiger partial charge on any atom is 0.293 e. The van der Waals surface area contributed by atoms with Crippen LogP contribution in [0.5, 0.6) is 5.75 Å². The fourth-order valence-electron chi connectivity index (χ4n) is 2.08. The first-order valence-electron chi connectivity index (χ1n) is 7.96. The molecule has 5 nitrogen and oxygen atoms in total. The molecule has 0 aliphatic rings. The number of ether oxygens (including phenoxy) is 1. The summed E-state index contributed by atoms with van der Waals surface area (Å²) in [5, 5.41) is 5.29. The lowest BCUT2D eigenvalue weighted by Crippen LogP contribution is -2.13. The highest BCUT2D eigenvalue weighted by molar-refractivity contribution is 7.14. The van der Waals surface area contributed by atoms with Crippen LogP contribution in [0.3, 0.4) is 0 Å². The molecule has 3 aromatic rings. The molecule has 0 radical (unpaired) electrons. The van der Waals surface area contributed by atoms with Gasteiger partial charge in [0.05, 0.1) is 5.69 Å². The van der Waals surface area contributed by atoms with E-state index in [1.165, 1.54) is 11.3 Å². The van der Waals surface area contributed by atoms with E-state index in [0.29, 0.717) is 10.9 Å². The number of benzene rings is 1. The average molecular weight is 356 g/mol. The van der Waals surface area contributed by atoms with Crippen molar-refractivity contribution in [3.8, 4) is 5.75 Å². The van der Waals surface area contributed by atoms with E-state index in [0.717, 1.165) is 11.4 Å². The predicted octanol–water partition coefficient (Wildman–Crippen LogP) is 4.86. The van der Waals surface area contributed by atoms with Crippen LogP contribution >= 0.6 is 11.3 Å². The van der Waals surface area contributed by atoms with E-state index < -0.39 is 0 Å². The monoisotopic (exact) mass is 356 g/mol. The Kier molecular flexibility index (Phi) is 4.90. The van der Waals surface area contributed by atoms with Crippen molar-refractivity contribution >= 4 is 22.4 Å². The molecule has 6 heteroatoms. The Morgan fingerprint density at radius 2 is 1.96 bits per heavy atom. The normalized spacial score (nSPS) is 11.3. The Morgan fingerprint density at radius 1 is 1.20 bits per heavy atom. The predicted molar refractivity (Wildman–Crippen MR) is 98.2 cm³/mol. The van der Waals surface area contributed by atoms with Gasteiger partial charge in [0, 0.05) is 10.8 Å². The van der Waals surface area contributed by atoms with Gasteiger partial charge in [-0.1, -0.05) is 39.0 Å². The van der Waals surface area contributed by atoms with Crippen molar-refractivity contribution < 1.29 is 13.9 Å². The number of carbonyl (C=O) groups is 1. The van der Waals surface area contributed by atoms with Crippen LogP contribution in [0.25, 0.3) is 0 Å². The van der Waals surface area contributed by atoms with E-state index >= 15 is 0 Å². The third kappa shape index (κ3) is 4.48. The summed E-state index contributed by atoms with van der Waals surface area (Å²) >= 11 is 1.40. The summed E-state index contributed by atoms with van der Waals surface area (Å²) in [6.45, 7) is 6.51. The molecule has 0 spiro atoms. The number of aromatic nitrogens is 1. The zero-order chi connectivity index (χ0) is 17.9. The highest BCUT2D eigenvalue weighted by Gasteiger charge is 2.19. The summed E-state index contributed by atoms with van der Waals surface area (Å²) in [4.78, 5) is 16.7. The Labute approximate surface area is 150 Å². The minimum Gasteiger partial charge on any atom is -0.486 e. The maximum absolute atomic E-state index is 12.3. The van der Waals surface area contributed by atoms with Gasteiger partial charge in [-0.2, -0.15) is 0 Å². The topological polar surface area (TPSA) is 64.4 Å². The second-order valence-electron chi connectivity index (χ2n) is 6.61. The van der Waals surface area contributed by atoms with Crippen LogP contribution in [0.15, 0.2) is 52.3 Å². The number of nitrogens with zero attached hydrogens (tertiary/aromatic N) is 1. The van der Waals surface area contributed by atoms with E-state index in [2.05, 4.69) is 31.1 Å². The Morgan fingerprint density at radius 3 is 2.64 bits per heavy atom. The van der Waals surface area contributed by atoms with Crippen molar-refractivity contribution in [2.75, 3.05) is 5.32 Å². The number of para-hydroxylation sites is 1. The molecule has 1 aromatic carbocycles. The molecule has 0 bridgehead atoms. The average Bonchev–Trinajstić information content (AvgIpc) is 3.23. The smallest absolute Gasteiger partial charge is 0.293 e. The van der Waals surface area contributed by atoms with Gasteiger partial charge in [-0.3, -0.25) is 10.1 Å². The molecule has 0 atom stereocenters. The highest BCUT2D eigenvalue weighted by Crippen LogP contribution is 2.26. The van der Waals surface area contributed by atoms with Crippen LogP contribution in [-0.4, -0.2) is 10.9 Å². The highest BCUT2D eigenvalue weighted by atomic mass is 32.1. The molecule has 0 aliphatic carbocycles. The fourth-order valence-corrected chi connectivity index (χ4v) is 3.02. The number of amides is 1. The van der Waals surface area contributed by atoms with Crippen LogP contribution in [0.1, 0.15) is 42.8 Å². The van der Waals surface area contributed by atoms with E-state index in [1.807, 2.05) is 35.7 Å². The zero-order valence-electron chi connectivity index (χ0n) is 14.4. The van der Waals surface area contributed by atoms with Crippen molar-refractivity contribution in [2.24, 2.45) is 0 Å². The van der Waals surface area contributed by atoms with Crippen LogP contribution in [0.4, 0.5) is 5.13 Å². The number of nitrogens with one attached hydrogen (secondary N) is 1. The Bertz CT molecular complexity index is 847. The molecule has 0 saturated heterocycles. The van der Waals surface area contributed by atoms with Crippen LogP contribution in [0.2, 0.25) is 0 Å². The zero-order valence-corrected chi connectivity index (χ0v) is 15.2. The number of hydrogen-bond acceptors (Lipinski definition) is 5. The van der Waals surface area contributed by atoms with Gasteiger partial charge in [0.25, 0.3) is 5.91 Å². The van der Waals surface area contributed by atoms with Gasteiger partial charge in [-0.05, 0) is 24.3 Å². The number of hydrogen-bond donors (Lipinski definition) is 1. The quantitative estimate of drug-likeness (QED) is 0.709. The van der Waals surface area contributed by atoms with Crippen LogP contribution in [-0.2, 0) is 12.0 Å². The molecule has 25 heavy (non-hydrogen) atoms. The summed E-state index contributed by atoms with van der Waals surface area (Å²) in [6, 6.07) is 12.8. The second kappa shape index (κ2) is 7.11. The van der Waals surface area contributed by atoms with Gasteiger partial charge >= 0.3 is 0 Å². The Hall–Kier alpha value is -2.60. The first kappa shape index (κ1) is 17.2. The van der Waals surface area contributed by atoms with E-state index in [9.17, 15) is 4.79 Å². The number of carbonyl (C=O) groups excluding carboxylic acids is 1. The second-order valence-corrected chi connectivity index (χ2v) is 7.47. The molecule has 2 heterocycles. The van der Waals surface area contributed by atoms with Crippen LogP contribution < -0.4 is 10.1 Å². The third-order valence-electron chi connectivity index (χ3n) is 3.50. The van der Waals surface area contributed by atoms with Gasteiger partial charge < -0.3 is 9.15 Å². The number of furan rings is 1.